The van der Waals surface area contributed by atoms with Crippen molar-refractivity contribution >= 4 is 40.8 Å². The molecule has 1 rings (SSSR count). The van der Waals surface area contributed by atoms with Gasteiger partial charge in [0.05, 0.1) is 5.57 Å². The molecule has 0 bridgehead atoms. The molecule has 0 aliphatic rings. The van der Waals surface area contributed by atoms with Gasteiger partial charge in [0.25, 0.3) is 0 Å². The Hall–Kier alpha value is -1.12. The second-order valence-corrected chi connectivity index (χ2v) is 4.47. The van der Waals surface area contributed by atoms with Crippen LogP contribution in [0, 0.1) is 0 Å². The second-order valence-electron chi connectivity index (χ2n) is 3.59. The molecule has 0 saturated carbocycles. The van der Waals surface area contributed by atoms with Crippen LogP contribution in [-0.2, 0) is 9.59 Å². The minimum atomic E-state index is -0.257. The summed E-state index contributed by atoms with van der Waals surface area (Å²) in [7, 11) is 0. The van der Waals surface area contributed by atoms with Crippen LogP contribution in [0.3, 0.4) is 0 Å². The Bertz CT molecular complexity index is 470. The van der Waals surface area contributed by atoms with Gasteiger partial charge >= 0.3 is 0 Å². The normalized spacial score (nSPS) is 11.4. The summed E-state index contributed by atoms with van der Waals surface area (Å²) >= 11 is 11.7. The lowest BCUT2D eigenvalue weighted by atomic mass is 10.0. The lowest BCUT2D eigenvalue weighted by Crippen LogP contribution is -2.08. The van der Waals surface area contributed by atoms with Gasteiger partial charge in [0, 0.05) is 16.5 Å². The molecule has 4 heteroatoms. The van der Waals surface area contributed by atoms with Gasteiger partial charge in [-0.05, 0) is 36.8 Å². The number of Topliss-reactive ketones (excluding diaryl/α,β-unsaturated/α-hetero) is 2. The maximum Gasteiger partial charge on any atom is 0.166 e. The van der Waals surface area contributed by atoms with Gasteiger partial charge in [0.1, 0.15) is 0 Å². The topological polar surface area (TPSA) is 34.1 Å². The van der Waals surface area contributed by atoms with Gasteiger partial charge < -0.3 is 0 Å². The van der Waals surface area contributed by atoms with Gasteiger partial charge in [0.15, 0.2) is 11.6 Å². The SMILES string of the molecule is CCC(=O)/C(=C/c1cc(Cl)cc(Cl)c1)C(C)=O. The third-order valence-electron chi connectivity index (χ3n) is 2.20. The van der Waals surface area contributed by atoms with Crippen molar-refractivity contribution < 1.29 is 9.59 Å². The highest BCUT2D eigenvalue weighted by Crippen LogP contribution is 2.21. The van der Waals surface area contributed by atoms with Crippen molar-refractivity contribution in [2.45, 2.75) is 20.3 Å². The summed E-state index contributed by atoms with van der Waals surface area (Å²) in [5, 5.41) is 0.936. The second kappa shape index (κ2) is 5.99. The van der Waals surface area contributed by atoms with Gasteiger partial charge in [-0.1, -0.05) is 30.1 Å². The van der Waals surface area contributed by atoms with E-state index in [1.54, 1.807) is 25.1 Å². The molecule has 2 nitrogen and oxygen atoms in total. The fourth-order valence-corrected chi connectivity index (χ4v) is 1.94. The number of benzene rings is 1. The number of allylic oxidation sites excluding steroid dienone is 1. The summed E-state index contributed by atoms with van der Waals surface area (Å²) in [6.45, 7) is 3.08. The van der Waals surface area contributed by atoms with Crippen LogP contribution >= 0.6 is 23.2 Å². The smallest absolute Gasteiger partial charge is 0.166 e. The zero-order valence-corrected chi connectivity index (χ0v) is 11.1. The van der Waals surface area contributed by atoms with Crippen molar-refractivity contribution in [1.29, 1.82) is 0 Å². The number of rotatable bonds is 4. The summed E-state index contributed by atoms with van der Waals surface area (Å²) in [5.74, 6) is -0.443. The van der Waals surface area contributed by atoms with Crippen LogP contribution in [-0.4, -0.2) is 11.6 Å². The lowest BCUT2D eigenvalue weighted by Gasteiger charge is -2.02. The standard InChI is InChI=1S/C13H12Cl2O2/c1-3-13(17)12(8(2)16)6-9-4-10(14)7-11(15)5-9/h4-7H,3H2,1-2H3/b12-6+. The van der Waals surface area contributed by atoms with E-state index in [-0.39, 0.29) is 17.1 Å². The first kappa shape index (κ1) is 13.9. The molecule has 17 heavy (non-hydrogen) atoms. The van der Waals surface area contributed by atoms with Crippen LogP contribution in [0.1, 0.15) is 25.8 Å². The molecule has 1 aromatic carbocycles. The van der Waals surface area contributed by atoms with Crippen LogP contribution in [0.5, 0.6) is 0 Å². The van der Waals surface area contributed by atoms with Gasteiger partial charge in [-0.15, -0.1) is 0 Å². The Balaban J connectivity index is 3.21. The molecule has 0 aliphatic carbocycles. The van der Waals surface area contributed by atoms with Crippen LogP contribution in [0.25, 0.3) is 6.08 Å². The maximum absolute atomic E-state index is 11.6. The van der Waals surface area contributed by atoms with Gasteiger partial charge in [-0.25, -0.2) is 0 Å². The summed E-state index contributed by atoms with van der Waals surface area (Å²) in [6.07, 6.45) is 1.81. The molecule has 1 aromatic rings. The molecular weight excluding hydrogens is 259 g/mol. The number of carbonyl (C=O) groups excluding carboxylic acids is 2. The molecule has 0 amide bonds. The molecule has 0 spiro atoms. The quantitative estimate of drug-likeness (QED) is 0.472. The summed E-state index contributed by atoms with van der Waals surface area (Å²) in [4.78, 5) is 22.9. The van der Waals surface area contributed by atoms with Crippen molar-refractivity contribution in [2.75, 3.05) is 0 Å². The van der Waals surface area contributed by atoms with E-state index in [4.69, 9.17) is 23.2 Å². The Morgan fingerprint density at radius 1 is 1.18 bits per heavy atom. The molecule has 0 fully saturated rings. The largest absolute Gasteiger partial charge is 0.294 e. The number of hydrogen-bond acceptors (Lipinski definition) is 2. The highest BCUT2D eigenvalue weighted by Gasteiger charge is 2.12. The summed E-state index contributed by atoms with van der Waals surface area (Å²) < 4.78 is 0. The highest BCUT2D eigenvalue weighted by molar-refractivity contribution is 6.35. The van der Waals surface area contributed by atoms with Crippen molar-refractivity contribution in [3.05, 3.63) is 39.4 Å². The molecule has 0 heterocycles. The van der Waals surface area contributed by atoms with E-state index < -0.39 is 0 Å². The highest BCUT2D eigenvalue weighted by atomic mass is 35.5. The van der Waals surface area contributed by atoms with Gasteiger partial charge in [-0.2, -0.15) is 0 Å². The van der Waals surface area contributed by atoms with Crippen molar-refractivity contribution in [1.82, 2.24) is 0 Å². The number of carbonyl (C=O) groups is 2. The van der Waals surface area contributed by atoms with Crippen LogP contribution in [0.15, 0.2) is 23.8 Å². The monoisotopic (exact) mass is 270 g/mol. The third kappa shape index (κ3) is 3.99. The van der Waals surface area contributed by atoms with E-state index in [1.807, 2.05) is 0 Å². The van der Waals surface area contributed by atoms with E-state index in [0.717, 1.165) is 0 Å². The molecule has 0 aliphatic heterocycles. The summed E-state index contributed by atoms with van der Waals surface area (Å²) in [5.41, 5.74) is 0.820. The van der Waals surface area contributed by atoms with Crippen molar-refractivity contribution in [2.24, 2.45) is 0 Å². The number of halogens is 2. The molecular formula is C13H12Cl2O2. The minimum Gasteiger partial charge on any atom is -0.294 e. The fourth-order valence-electron chi connectivity index (χ4n) is 1.39. The van der Waals surface area contributed by atoms with Crippen molar-refractivity contribution in [3.63, 3.8) is 0 Å². The molecule has 0 radical (unpaired) electrons. The Morgan fingerprint density at radius 3 is 2.12 bits per heavy atom. The maximum atomic E-state index is 11.6. The number of ketones is 2. The first-order valence-corrected chi connectivity index (χ1v) is 5.91. The Labute approximate surface area is 110 Å². The zero-order valence-electron chi connectivity index (χ0n) is 9.59. The summed E-state index contributed by atoms with van der Waals surface area (Å²) in [6, 6.07) is 4.90. The molecule has 0 unspecified atom stereocenters. The average Bonchev–Trinajstić information content (AvgIpc) is 2.23. The van der Waals surface area contributed by atoms with E-state index in [1.165, 1.54) is 13.0 Å². The third-order valence-corrected chi connectivity index (χ3v) is 2.63. The van der Waals surface area contributed by atoms with E-state index in [9.17, 15) is 9.59 Å². The first-order valence-electron chi connectivity index (χ1n) is 5.16. The Morgan fingerprint density at radius 2 is 1.71 bits per heavy atom. The van der Waals surface area contributed by atoms with E-state index in [0.29, 0.717) is 22.0 Å². The van der Waals surface area contributed by atoms with Gasteiger partial charge in [0.2, 0.25) is 0 Å². The van der Waals surface area contributed by atoms with Crippen LogP contribution < -0.4 is 0 Å². The van der Waals surface area contributed by atoms with Crippen LogP contribution in [0.4, 0.5) is 0 Å². The predicted octanol–water partition coefficient (Wildman–Crippen LogP) is 3.94. The van der Waals surface area contributed by atoms with E-state index >= 15 is 0 Å². The zero-order chi connectivity index (χ0) is 13.0. The minimum absolute atomic E-state index is 0.172. The molecule has 0 N–H and O–H groups in total. The predicted molar refractivity (Wildman–Crippen MR) is 70.4 cm³/mol. The molecule has 0 saturated heterocycles. The molecule has 0 aromatic heterocycles. The lowest BCUT2D eigenvalue weighted by molar-refractivity contribution is -0.120. The van der Waals surface area contributed by atoms with Crippen LogP contribution in [0.2, 0.25) is 10.0 Å². The number of hydrogen-bond donors (Lipinski definition) is 0. The van der Waals surface area contributed by atoms with E-state index in [2.05, 4.69) is 0 Å². The Kier molecular flexibility index (Phi) is 4.91. The fraction of sp³-hybridized carbons (Fsp3) is 0.231. The van der Waals surface area contributed by atoms with Crippen molar-refractivity contribution in [3.8, 4) is 0 Å². The first-order chi connectivity index (χ1) is 7.93. The van der Waals surface area contributed by atoms with Gasteiger partial charge in [-0.3, -0.25) is 9.59 Å². The average molecular weight is 271 g/mol. The molecule has 0 atom stereocenters. The molecule has 90 valence electrons.